The summed E-state index contributed by atoms with van der Waals surface area (Å²) in [6, 6.07) is 5.78. The van der Waals surface area contributed by atoms with Gasteiger partial charge in [-0.05, 0) is 23.8 Å². The van der Waals surface area contributed by atoms with Gasteiger partial charge >= 0.3 is 5.97 Å². The average Bonchev–Trinajstić information content (AvgIpc) is 2.37. The number of rotatable bonds is 6. The molecule has 0 aliphatic rings. The molecule has 0 saturated heterocycles. The van der Waals surface area contributed by atoms with Gasteiger partial charge in [0, 0.05) is 24.8 Å². The standard InChI is InChI=1S/C13H16N2O4/c14-10-4-1-9(2-5-10)3-6-12(17)15-11(7-8-16)13(18)19/h1-6,11,16H,7-8,14H2,(H,15,17)(H,18,19)/b6-3+/t11-/m0/s1. The average molecular weight is 264 g/mol. The van der Waals surface area contributed by atoms with E-state index in [1.165, 1.54) is 6.08 Å². The topological polar surface area (TPSA) is 113 Å². The highest BCUT2D eigenvalue weighted by atomic mass is 16.4. The minimum atomic E-state index is -1.18. The van der Waals surface area contributed by atoms with Crippen LogP contribution in [0.25, 0.3) is 6.08 Å². The third kappa shape index (κ3) is 5.22. The number of nitrogens with two attached hydrogens (primary N) is 1. The molecule has 0 unspecified atom stereocenters. The van der Waals surface area contributed by atoms with Gasteiger partial charge in [0.1, 0.15) is 6.04 Å². The number of hydrogen-bond acceptors (Lipinski definition) is 4. The largest absolute Gasteiger partial charge is 0.480 e. The number of amides is 1. The van der Waals surface area contributed by atoms with Gasteiger partial charge in [0.2, 0.25) is 5.91 Å². The summed E-state index contributed by atoms with van der Waals surface area (Å²) in [6.45, 7) is -0.307. The van der Waals surface area contributed by atoms with Gasteiger partial charge in [-0.3, -0.25) is 4.79 Å². The monoisotopic (exact) mass is 264 g/mol. The van der Waals surface area contributed by atoms with Gasteiger partial charge in [0.05, 0.1) is 0 Å². The Balaban J connectivity index is 2.58. The van der Waals surface area contributed by atoms with Crippen LogP contribution in [0.1, 0.15) is 12.0 Å². The van der Waals surface area contributed by atoms with Crippen molar-refractivity contribution in [3.63, 3.8) is 0 Å². The van der Waals surface area contributed by atoms with E-state index in [2.05, 4.69) is 5.32 Å². The molecular formula is C13H16N2O4. The first-order chi connectivity index (χ1) is 9.02. The number of carbonyl (C=O) groups excluding carboxylic acids is 1. The lowest BCUT2D eigenvalue weighted by Crippen LogP contribution is -2.40. The third-order valence-electron chi connectivity index (χ3n) is 2.40. The fourth-order valence-electron chi connectivity index (χ4n) is 1.39. The maximum absolute atomic E-state index is 11.5. The Labute approximate surface area is 110 Å². The minimum absolute atomic E-state index is 0.0310. The lowest BCUT2D eigenvalue weighted by atomic mass is 10.2. The van der Waals surface area contributed by atoms with Crippen molar-refractivity contribution in [1.82, 2.24) is 5.32 Å². The van der Waals surface area contributed by atoms with Crippen molar-refractivity contribution in [3.8, 4) is 0 Å². The third-order valence-corrected chi connectivity index (χ3v) is 2.40. The molecule has 0 saturated carbocycles. The fraction of sp³-hybridized carbons (Fsp3) is 0.231. The van der Waals surface area contributed by atoms with Crippen LogP contribution in [-0.4, -0.2) is 34.7 Å². The van der Waals surface area contributed by atoms with E-state index in [4.69, 9.17) is 15.9 Å². The van der Waals surface area contributed by atoms with Crippen LogP contribution in [-0.2, 0) is 9.59 Å². The Hall–Kier alpha value is -2.34. The van der Waals surface area contributed by atoms with Crippen LogP contribution in [0, 0.1) is 0 Å². The Kier molecular flexibility index (Phi) is 5.56. The number of benzene rings is 1. The quantitative estimate of drug-likeness (QED) is 0.434. The second-order valence-corrected chi connectivity index (χ2v) is 3.91. The molecule has 0 heterocycles. The lowest BCUT2D eigenvalue weighted by Gasteiger charge is -2.11. The van der Waals surface area contributed by atoms with E-state index >= 15 is 0 Å². The second-order valence-electron chi connectivity index (χ2n) is 3.91. The maximum Gasteiger partial charge on any atom is 0.326 e. The number of carboxylic acid groups (broad SMARTS) is 1. The van der Waals surface area contributed by atoms with Gasteiger partial charge in [-0.2, -0.15) is 0 Å². The molecule has 6 heteroatoms. The number of carbonyl (C=O) groups is 2. The summed E-state index contributed by atoms with van der Waals surface area (Å²) in [5.74, 6) is -1.71. The molecule has 0 fully saturated rings. The van der Waals surface area contributed by atoms with Crippen molar-refractivity contribution in [1.29, 1.82) is 0 Å². The molecule has 5 N–H and O–H groups in total. The predicted molar refractivity (Wildman–Crippen MR) is 71.2 cm³/mol. The summed E-state index contributed by atoms with van der Waals surface area (Å²) < 4.78 is 0. The number of aliphatic carboxylic acids is 1. The fourth-order valence-corrected chi connectivity index (χ4v) is 1.39. The van der Waals surface area contributed by atoms with Crippen LogP contribution in [0.15, 0.2) is 30.3 Å². The number of nitrogen functional groups attached to an aromatic ring is 1. The Bertz CT molecular complexity index is 468. The number of anilines is 1. The molecule has 102 valence electrons. The summed E-state index contributed by atoms with van der Waals surface area (Å²) in [5, 5.41) is 19.8. The van der Waals surface area contributed by atoms with Gasteiger partial charge in [0.15, 0.2) is 0 Å². The van der Waals surface area contributed by atoms with Crippen molar-refractivity contribution < 1.29 is 19.8 Å². The highest BCUT2D eigenvalue weighted by Crippen LogP contribution is 2.06. The highest BCUT2D eigenvalue weighted by molar-refractivity contribution is 5.94. The van der Waals surface area contributed by atoms with Crippen molar-refractivity contribution in [2.45, 2.75) is 12.5 Å². The first-order valence-electron chi connectivity index (χ1n) is 5.70. The maximum atomic E-state index is 11.5. The molecule has 1 rings (SSSR count). The molecule has 1 aromatic rings. The molecule has 0 aromatic heterocycles. The molecule has 19 heavy (non-hydrogen) atoms. The predicted octanol–water partition coefficient (Wildman–Crippen LogP) is 0.234. The van der Waals surface area contributed by atoms with E-state index in [0.717, 1.165) is 5.56 Å². The molecule has 0 aliphatic heterocycles. The number of hydrogen-bond donors (Lipinski definition) is 4. The molecule has 0 radical (unpaired) electrons. The van der Waals surface area contributed by atoms with Gasteiger partial charge in [-0.15, -0.1) is 0 Å². The molecule has 6 nitrogen and oxygen atoms in total. The number of aliphatic hydroxyl groups is 1. The summed E-state index contributed by atoms with van der Waals surface area (Å²) in [7, 11) is 0. The SMILES string of the molecule is Nc1ccc(/C=C/C(=O)N[C@@H](CCO)C(=O)O)cc1. The molecule has 1 atom stereocenters. The van der Waals surface area contributed by atoms with Crippen molar-refractivity contribution in [3.05, 3.63) is 35.9 Å². The molecule has 0 bridgehead atoms. The molecule has 0 aliphatic carbocycles. The smallest absolute Gasteiger partial charge is 0.326 e. The molecule has 1 amide bonds. The van der Waals surface area contributed by atoms with E-state index < -0.39 is 17.9 Å². The van der Waals surface area contributed by atoms with E-state index in [0.29, 0.717) is 5.69 Å². The Morgan fingerprint density at radius 3 is 2.47 bits per heavy atom. The summed E-state index contributed by atoms with van der Waals surface area (Å²) in [6.07, 6.45) is 2.75. The number of aliphatic hydroxyl groups excluding tert-OH is 1. The first-order valence-corrected chi connectivity index (χ1v) is 5.70. The van der Waals surface area contributed by atoms with Gasteiger partial charge < -0.3 is 21.3 Å². The minimum Gasteiger partial charge on any atom is -0.480 e. The van der Waals surface area contributed by atoms with Crippen molar-refractivity contribution >= 4 is 23.6 Å². The van der Waals surface area contributed by atoms with Crippen LogP contribution in [0.4, 0.5) is 5.69 Å². The van der Waals surface area contributed by atoms with Crippen molar-refractivity contribution in [2.24, 2.45) is 0 Å². The zero-order valence-corrected chi connectivity index (χ0v) is 10.2. The van der Waals surface area contributed by atoms with Crippen molar-refractivity contribution in [2.75, 3.05) is 12.3 Å². The van der Waals surface area contributed by atoms with Crippen LogP contribution < -0.4 is 11.1 Å². The second kappa shape index (κ2) is 7.17. The van der Waals surface area contributed by atoms with Gasteiger partial charge in [-0.25, -0.2) is 4.79 Å². The summed E-state index contributed by atoms with van der Waals surface area (Å²) in [4.78, 5) is 22.3. The van der Waals surface area contributed by atoms with E-state index in [1.54, 1.807) is 30.3 Å². The normalized spacial score (nSPS) is 12.3. The first kappa shape index (κ1) is 14.7. The van der Waals surface area contributed by atoms with Gasteiger partial charge in [-0.1, -0.05) is 12.1 Å². The van der Waals surface area contributed by atoms with Crippen LogP contribution in [0.3, 0.4) is 0 Å². The summed E-state index contributed by atoms with van der Waals surface area (Å²) in [5.41, 5.74) is 6.92. The van der Waals surface area contributed by atoms with E-state index in [-0.39, 0.29) is 13.0 Å². The molecule has 0 spiro atoms. The molecule has 1 aromatic carbocycles. The summed E-state index contributed by atoms with van der Waals surface area (Å²) >= 11 is 0. The van der Waals surface area contributed by atoms with E-state index in [1.807, 2.05) is 0 Å². The van der Waals surface area contributed by atoms with E-state index in [9.17, 15) is 9.59 Å². The van der Waals surface area contributed by atoms with Crippen LogP contribution in [0.2, 0.25) is 0 Å². The zero-order chi connectivity index (χ0) is 14.3. The van der Waals surface area contributed by atoms with Crippen LogP contribution >= 0.6 is 0 Å². The lowest BCUT2D eigenvalue weighted by molar-refractivity contribution is -0.141. The number of nitrogens with one attached hydrogen (secondary N) is 1. The van der Waals surface area contributed by atoms with Gasteiger partial charge in [0.25, 0.3) is 0 Å². The Morgan fingerprint density at radius 1 is 1.32 bits per heavy atom. The van der Waals surface area contributed by atoms with Crippen LogP contribution in [0.5, 0.6) is 0 Å². The molecular weight excluding hydrogens is 248 g/mol. The highest BCUT2D eigenvalue weighted by Gasteiger charge is 2.17. The Morgan fingerprint density at radius 2 is 1.95 bits per heavy atom. The zero-order valence-electron chi connectivity index (χ0n) is 10.2. The number of carboxylic acids is 1.